The number of hydrogen-bond donors (Lipinski definition) is 1. The molecule has 0 aliphatic heterocycles. The van der Waals surface area contributed by atoms with E-state index in [2.05, 4.69) is 5.32 Å². The maximum atomic E-state index is 13.3. The third-order valence-electron chi connectivity index (χ3n) is 4.78. The fourth-order valence-corrected chi connectivity index (χ4v) is 5.54. The lowest BCUT2D eigenvalue weighted by atomic mass is 10.3. The van der Waals surface area contributed by atoms with E-state index in [4.69, 9.17) is 16.3 Å². The molecule has 0 heterocycles. The van der Waals surface area contributed by atoms with Gasteiger partial charge in [-0.3, -0.25) is 9.10 Å². The number of anilines is 1. The fourth-order valence-electron chi connectivity index (χ4n) is 3.12. The van der Waals surface area contributed by atoms with Gasteiger partial charge < -0.3 is 10.1 Å². The normalized spacial score (nSPS) is 11.1. The molecule has 0 aromatic heterocycles. The first-order chi connectivity index (χ1) is 16.4. The van der Waals surface area contributed by atoms with Gasteiger partial charge in [-0.1, -0.05) is 29.8 Å². The highest BCUT2D eigenvalue weighted by molar-refractivity contribution is 7.99. The zero-order chi connectivity index (χ0) is 24.4. The Morgan fingerprint density at radius 1 is 1.00 bits per heavy atom. The summed E-state index contributed by atoms with van der Waals surface area (Å²) >= 11 is 7.57. The van der Waals surface area contributed by atoms with E-state index < -0.39 is 10.0 Å². The molecule has 0 aliphatic rings. The Hall–Kier alpha value is -2.68. The molecule has 3 rings (SSSR count). The quantitative estimate of drug-likeness (QED) is 0.262. The summed E-state index contributed by atoms with van der Waals surface area (Å²) in [7, 11) is -3.93. The van der Waals surface area contributed by atoms with Crippen LogP contribution in [0.2, 0.25) is 5.02 Å². The minimum Gasteiger partial charge on any atom is -0.494 e. The monoisotopic (exact) mass is 518 g/mol. The number of amides is 1. The van der Waals surface area contributed by atoms with Gasteiger partial charge in [0, 0.05) is 16.5 Å². The van der Waals surface area contributed by atoms with Crippen molar-refractivity contribution in [3.05, 3.63) is 83.9 Å². The van der Waals surface area contributed by atoms with E-state index in [0.717, 1.165) is 21.4 Å². The number of benzene rings is 3. The average molecular weight is 519 g/mol. The topological polar surface area (TPSA) is 75.7 Å². The standard InChI is InChI=1S/C25H27ClN2O4S2/c1-2-32-22-13-11-21(12-14-22)28(34(30,31)24-7-4-3-5-8-24)19-25(29)27-17-6-18-33-23-15-9-20(26)10-16-23/h3-5,7-16H,2,6,17-19H2,1H3,(H,27,29). The predicted molar refractivity (Wildman–Crippen MR) is 138 cm³/mol. The van der Waals surface area contributed by atoms with Crippen LogP contribution in [-0.4, -0.2) is 39.8 Å². The number of nitrogens with one attached hydrogen (secondary N) is 1. The molecule has 3 aromatic rings. The number of thioether (sulfide) groups is 1. The minimum absolute atomic E-state index is 0.121. The van der Waals surface area contributed by atoms with Crippen LogP contribution in [0.1, 0.15) is 13.3 Å². The second-order valence-corrected chi connectivity index (χ2v) is 10.7. The van der Waals surface area contributed by atoms with Crippen LogP contribution in [0.5, 0.6) is 5.75 Å². The summed E-state index contributed by atoms with van der Waals surface area (Å²) in [6.45, 7) is 2.50. The predicted octanol–water partition coefficient (Wildman–Crippen LogP) is 5.23. The van der Waals surface area contributed by atoms with Crippen LogP contribution in [-0.2, 0) is 14.8 Å². The molecular formula is C25H27ClN2O4S2. The number of halogens is 1. The third kappa shape index (κ3) is 7.41. The highest BCUT2D eigenvalue weighted by atomic mass is 35.5. The summed E-state index contributed by atoms with van der Waals surface area (Å²) in [5, 5.41) is 3.52. The van der Waals surface area contributed by atoms with Crippen LogP contribution in [0.4, 0.5) is 5.69 Å². The smallest absolute Gasteiger partial charge is 0.264 e. The summed E-state index contributed by atoms with van der Waals surface area (Å²) in [5.41, 5.74) is 0.390. The van der Waals surface area contributed by atoms with Gasteiger partial charge in [0.05, 0.1) is 17.2 Å². The van der Waals surface area contributed by atoms with Crippen molar-refractivity contribution in [2.75, 3.05) is 29.8 Å². The maximum absolute atomic E-state index is 13.3. The second-order valence-electron chi connectivity index (χ2n) is 7.26. The van der Waals surface area contributed by atoms with E-state index in [-0.39, 0.29) is 17.3 Å². The number of rotatable bonds is 12. The lowest BCUT2D eigenvalue weighted by molar-refractivity contribution is -0.119. The number of nitrogens with zero attached hydrogens (tertiary/aromatic N) is 1. The van der Waals surface area contributed by atoms with Crippen molar-refractivity contribution < 1.29 is 17.9 Å². The molecule has 0 radical (unpaired) electrons. The molecular weight excluding hydrogens is 492 g/mol. The van der Waals surface area contributed by atoms with E-state index >= 15 is 0 Å². The van der Waals surface area contributed by atoms with Crippen LogP contribution in [0.3, 0.4) is 0 Å². The van der Waals surface area contributed by atoms with Gasteiger partial charge >= 0.3 is 0 Å². The molecule has 34 heavy (non-hydrogen) atoms. The van der Waals surface area contributed by atoms with E-state index in [9.17, 15) is 13.2 Å². The molecule has 180 valence electrons. The minimum atomic E-state index is -3.93. The Kier molecular flexibility index (Phi) is 9.68. The van der Waals surface area contributed by atoms with Crippen molar-refractivity contribution in [3.63, 3.8) is 0 Å². The van der Waals surface area contributed by atoms with Crippen LogP contribution in [0.15, 0.2) is 88.7 Å². The van der Waals surface area contributed by atoms with Gasteiger partial charge in [-0.05, 0) is 79.8 Å². The average Bonchev–Trinajstić information content (AvgIpc) is 2.85. The van der Waals surface area contributed by atoms with Crippen LogP contribution in [0.25, 0.3) is 0 Å². The molecule has 0 fully saturated rings. The number of hydrogen-bond acceptors (Lipinski definition) is 5. The highest BCUT2D eigenvalue weighted by Gasteiger charge is 2.27. The molecule has 0 saturated heterocycles. The number of carbonyl (C=O) groups excluding carboxylic acids is 1. The van der Waals surface area contributed by atoms with Crippen molar-refractivity contribution in [1.29, 1.82) is 0 Å². The first-order valence-electron chi connectivity index (χ1n) is 10.9. The van der Waals surface area contributed by atoms with Gasteiger partial charge in [0.15, 0.2) is 0 Å². The number of ether oxygens (including phenoxy) is 1. The van der Waals surface area contributed by atoms with Crippen LogP contribution < -0.4 is 14.4 Å². The summed E-state index contributed by atoms with van der Waals surface area (Å²) in [5.74, 6) is 1.07. The molecule has 0 saturated carbocycles. The zero-order valence-electron chi connectivity index (χ0n) is 18.8. The first kappa shape index (κ1) is 25.9. The maximum Gasteiger partial charge on any atom is 0.264 e. The molecule has 9 heteroatoms. The van der Waals surface area contributed by atoms with E-state index in [0.29, 0.717) is 29.6 Å². The number of carbonyl (C=O) groups is 1. The van der Waals surface area contributed by atoms with E-state index in [1.54, 1.807) is 54.2 Å². The van der Waals surface area contributed by atoms with Gasteiger partial charge in [0.1, 0.15) is 12.3 Å². The highest BCUT2D eigenvalue weighted by Crippen LogP contribution is 2.26. The zero-order valence-corrected chi connectivity index (χ0v) is 21.2. The van der Waals surface area contributed by atoms with Gasteiger partial charge in [-0.2, -0.15) is 0 Å². The SMILES string of the molecule is CCOc1ccc(N(CC(=O)NCCCSc2ccc(Cl)cc2)S(=O)(=O)c2ccccc2)cc1. The molecule has 1 N–H and O–H groups in total. The van der Waals surface area contributed by atoms with E-state index in [1.807, 2.05) is 31.2 Å². The lowest BCUT2D eigenvalue weighted by Gasteiger charge is -2.24. The molecule has 3 aromatic carbocycles. The Balaban J connectivity index is 1.63. The molecule has 0 atom stereocenters. The Bertz CT molecular complexity index is 1160. The summed E-state index contributed by atoms with van der Waals surface area (Å²) < 4.78 is 33.2. The number of sulfonamides is 1. The van der Waals surface area contributed by atoms with Crippen molar-refractivity contribution >= 4 is 45.0 Å². The molecule has 0 spiro atoms. The largest absolute Gasteiger partial charge is 0.494 e. The Morgan fingerprint density at radius 2 is 1.68 bits per heavy atom. The molecule has 1 amide bonds. The first-order valence-corrected chi connectivity index (χ1v) is 13.7. The Labute approximate surface area is 210 Å². The lowest BCUT2D eigenvalue weighted by Crippen LogP contribution is -2.41. The van der Waals surface area contributed by atoms with Gasteiger partial charge in [-0.15, -0.1) is 11.8 Å². The van der Waals surface area contributed by atoms with Crippen molar-refractivity contribution in [1.82, 2.24) is 5.32 Å². The Morgan fingerprint density at radius 3 is 2.32 bits per heavy atom. The fraction of sp³-hybridized carbons (Fsp3) is 0.240. The molecule has 0 unspecified atom stereocenters. The summed E-state index contributed by atoms with van der Waals surface area (Å²) in [4.78, 5) is 13.9. The third-order valence-corrected chi connectivity index (χ3v) is 7.92. The van der Waals surface area contributed by atoms with Crippen molar-refractivity contribution in [2.24, 2.45) is 0 Å². The van der Waals surface area contributed by atoms with Crippen molar-refractivity contribution in [2.45, 2.75) is 23.1 Å². The van der Waals surface area contributed by atoms with Gasteiger partial charge in [0.25, 0.3) is 10.0 Å². The van der Waals surface area contributed by atoms with Gasteiger partial charge in [-0.25, -0.2) is 8.42 Å². The van der Waals surface area contributed by atoms with Crippen molar-refractivity contribution in [3.8, 4) is 5.75 Å². The molecule has 6 nitrogen and oxygen atoms in total. The summed E-state index contributed by atoms with van der Waals surface area (Å²) in [6, 6.07) is 22.3. The summed E-state index contributed by atoms with van der Waals surface area (Å²) in [6.07, 6.45) is 0.744. The van der Waals surface area contributed by atoms with Crippen LogP contribution >= 0.6 is 23.4 Å². The molecule has 0 aliphatic carbocycles. The molecule has 0 bridgehead atoms. The van der Waals surface area contributed by atoms with Gasteiger partial charge in [0.2, 0.25) is 5.91 Å². The van der Waals surface area contributed by atoms with E-state index in [1.165, 1.54) is 12.1 Å². The van der Waals surface area contributed by atoms with Crippen LogP contribution in [0, 0.1) is 0 Å². The second kappa shape index (κ2) is 12.7.